The summed E-state index contributed by atoms with van der Waals surface area (Å²) in [6.45, 7) is 0. The predicted octanol–water partition coefficient (Wildman–Crippen LogP) is 2.01. The maximum atomic E-state index is 11.3. The van der Waals surface area contributed by atoms with Crippen LogP contribution >= 0.6 is 11.6 Å². The Kier molecular flexibility index (Phi) is 3.82. The molecule has 1 unspecified atom stereocenters. The van der Waals surface area contributed by atoms with Gasteiger partial charge in [-0.2, -0.15) is 0 Å². The number of nitrogens with zero attached hydrogens (tertiary/aromatic N) is 1. The lowest BCUT2D eigenvalue weighted by Gasteiger charge is -2.04. The van der Waals surface area contributed by atoms with Gasteiger partial charge in [-0.25, -0.2) is 8.42 Å². The quantitative estimate of drug-likeness (QED) is 0.784. The second-order valence-corrected chi connectivity index (χ2v) is 6.63. The van der Waals surface area contributed by atoms with Gasteiger partial charge >= 0.3 is 5.04 Å². The monoisotopic (exact) mass is 301 g/mol. The van der Waals surface area contributed by atoms with E-state index in [0.717, 1.165) is 11.8 Å². The average Bonchev–Trinajstić information content (AvgIpc) is 2.70. The summed E-state index contributed by atoms with van der Waals surface area (Å²) in [6, 6.07) is 7.10. The Labute approximate surface area is 116 Å². The molecule has 0 saturated carbocycles. The van der Waals surface area contributed by atoms with Crippen molar-refractivity contribution in [1.82, 2.24) is 0 Å². The summed E-state index contributed by atoms with van der Waals surface area (Å²) in [5.41, 5.74) is 0.887. The van der Waals surface area contributed by atoms with E-state index in [0.29, 0.717) is 5.02 Å². The van der Waals surface area contributed by atoms with Gasteiger partial charge in [-0.05, 0) is 17.7 Å². The smallest absolute Gasteiger partial charge is 0.335 e. The summed E-state index contributed by atoms with van der Waals surface area (Å²) in [5.74, 6) is 0. The maximum Gasteiger partial charge on any atom is 0.335 e. The Balaban J connectivity index is 2.06. The molecule has 0 amide bonds. The molecule has 1 aliphatic rings. The van der Waals surface area contributed by atoms with E-state index in [1.54, 1.807) is 24.3 Å². The highest BCUT2D eigenvalue weighted by Crippen LogP contribution is 2.17. The van der Waals surface area contributed by atoms with Crippen molar-refractivity contribution >= 4 is 32.6 Å². The number of halogens is 1. The number of hydrogen-bond donors (Lipinski definition) is 0. The maximum absolute atomic E-state index is 11.3. The van der Waals surface area contributed by atoms with Crippen molar-refractivity contribution in [2.24, 2.45) is 0 Å². The van der Waals surface area contributed by atoms with E-state index < -0.39 is 15.9 Å². The molecular weight excluding hydrogens is 290 g/mol. The van der Waals surface area contributed by atoms with E-state index in [1.165, 1.54) is 0 Å². The first-order valence-electron chi connectivity index (χ1n) is 5.50. The lowest BCUT2D eigenvalue weighted by Crippen LogP contribution is -2.17. The molecule has 1 heterocycles. The molecule has 1 aromatic carbocycles. The molecule has 5 nitrogen and oxygen atoms in total. The first-order chi connectivity index (χ1) is 8.86. The van der Waals surface area contributed by atoms with Crippen molar-refractivity contribution < 1.29 is 18.2 Å². The molecule has 2 rings (SSSR count). The minimum atomic E-state index is -3.52. The molecule has 0 N–H and O–H groups in total. The standard InChI is InChI=1S/C12H12ClNO4S/c1-19(16,17)12-8-11(18-14(12)15)7-4-9-2-5-10(13)6-3-9/h2-7,11H,8H2,1H3/b7-4+. The van der Waals surface area contributed by atoms with Crippen LogP contribution < -0.4 is 0 Å². The third-order valence-electron chi connectivity index (χ3n) is 2.61. The number of rotatable bonds is 2. The van der Waals surface area contributed by atoms with Gasteiger partial charge in [0.15, 0.2) is 0 Å². The van der Waals surface area contributed by atoms with Crippen molar-refractivity contribution in [2.45, 2.75) is 12.5 Å². The van der Waals surface area contributed by atoms with E-state index >= 15 is 0 Å². The molecule has 1 atom stereocenters. The Morgan fingerprint density at radius 3 is 2.58 bits per heavy atom. The Hall–Kier alpha value is -1.53. The van der Waals surface area contributed by atoms with Crippen LogP contribution in [-0.2, 0) is 14.7 Å². The largest absolute Gasteiger partial charge is 0.394 e. The summed E-state index contributed by atoms with van der Waals surface area (Å²) < 4.78 is 22.6. The van der Waals surface area contributed by atoms with Crippen molar-refractivity contribution in [3.05, 3.63) is 46.1 Å². The fourth-order valence-electron chi connectivity index (χ4n) is 1.65. The normalized spacial score (nSPS) is 20.0. The predicted molar refractivity (Wildman–Crippen MR) is 73.5 cm³/mol. The lowest BCUT2D eigenvalue weighted by atomic mass is 10.1. The Morgan fingerprint density at radius 2 is 2.05 bits per heavy atom. The van der Waals surface area contributed by atoms with Crippen LogP contribution in [0.4, 0.5) is 0 Å². The molecule has 0 bridgehead atoms. The number of benzene rings is 1. The van der Waals surface area contributed by atoms with E-state index in [4.69, 9.17) is 16.4 Å². The zero-order valence-corrected chi connectivity index (χ0v) is 11.7. The number of hydrogen-bond acceptors (Lipinski definition) is 4. The first-order valence-corrected chi connectivity index (χ1v) is 7.77. The molecule has 1 aromatic rings. The second-order valence-electron chi connectivity index (χ2n) is 4.18. The van der Waals surface area contributed by atoms with Crippen LogP contribution in [0, 0.1) is 5.21 Å². The van der Waals surface area contributed by atoms with Crippen LogP contribution in [0.3, 0.4) is 0 Å². The van der Waals surface area contributed by atoms with Crippen LogP contribution in [0.2, 0.25) is 5.02 Å². The third kappa shape index (κ3) is 3.48. The van der Waals surface area contributed by atoms with Crippen LogP contribution in [-0.4, -0.2) is 30.7 Å². The molecule has 0 saturated heterocycles. The highest BCUT2D eigenvalue weighted by molar-refractivity contribution is 8.05. The SMILES string of the molecule is CS(=O)(=O)C1=[N+]([O-])OC(/C=C/c2ccc(Cl)cc2)C1. The second kappa shape index (κ2) is 5.22. The van der Waals surface area contributed by atoms with E-state index in [1.807, 2.05) is 12.1 Å². The van der Waals surface area contributed by atoms with E-state index in [-0.39, 0.29) is 16.4 Å². The van der Waals surface area contributed by atoms with Gasteiger partial charge in [-0.15, -0.1) is 0 Å². The van der Waals surface area contributed by atoms with Crippen LogP contribution in [0.5, 0.6) is 0 Å². The van der Waals surface area contributed by atoms with Gasteiger partial charge in [-0.3, -0.25) is 5.21 Å². The van der Waals surface area contributed by atoms with Gasteiger partial charge in [-0.1, -0.05) is 35.9 Å². The Bertz CT molecular complexity index is 634. The van der Waals surface area contributed by atoms with Crippen LogP contribution in [0.25, 0.3) is 6.08 Å². The van der Waals surface area contributed by atoms with Crippen LogP contribution in [0.15, 0.2) is 30.3 Å². The van der Waals surface area contributed by atoms with Gasteiger partial charge in [0.05, 0.1) is 17.4 Å². The minimum absolute atomic E-state index is 0.0480. The zero-order chi connectivity index (χ0) is 14.0. The molecule has 0 radical (unpaired) electrons. The highest BCUT2D eigenvalue weighted by atomic mass is 35.5. The Morgan fingerprint density at radius 1 is 1.42 bits per heavy atom. The highest BCUT2D eigenvalue weighted by Gasteiger charge is 2.34. The molecule has 102 valence electrons. The molecule has 0 spiro atoms. The average molecular weight is 302 g/mol. The van der Waals surface area contributed by atoms with Crippen molar-refractivity contribution in [1.29, 1.82) is 0 Å². The summed E-state index contributed by atoms with van der Waals surface area (Å²) in [4.78, 5) is 4.97. The molecule has 0 aromatic heterocycles. The first kappa shape index (κ1) is 13.9. The summed E-state index contributed by atoms with van der Waals surface area (Å²) in [6.07, 6.45) is 3.86. The molecule has 1 aliphatic heterocycles. The minimum Gasteiger partial charge on any atom is -0.394 e. The van der Waals surface area contributed by atoms with Gasteiger partial charge in [0.1, 0.15) is 0 Å². The van der Waals surface area contributed by atoms with Crippen molar-refractivity contribution in [2.75, 3.05) is 6.26 Å². The van der Waals surface area contributed by atoms with Crippen LogP contribution in [0.1, 0.15) is 12.0 Å². The fourth-order valence-corrected chi connectivity index (χ4v) is 2.55. The van der Waals surface area contributed by atoms with Gasteiger partial charge in [0, 0.05) is 11.3 Å². The lowest BCUT2D eigenvalue weighted by molar-refractivity contribution is -0.736. The van der Waals surface area contributed by atoms with E-state index in [9.17, 15) is 13.6 Å². The van der Waals surface area contributed by atoms with E-state index in [2.05, 4.69) is 0 Å². The summed E-state index contributed by atoms with van der Waals surface area (Å²) >= 11 is 5.76. The van der Waals surface area contributed by atoms with Gasteiger partial charge < -0.3 is 4.84 Å². The molecule has 0 fully saturated rings. The van der Waals surface area contributed by atoms with Crippen molar-refractivity contribution in [3.8, 4) is 0 Å². The number of sulfone groups is 1. The zero-order valence-electron chi connectivity index (χ0n) is 10.1. The fraction of sp³-hybridized carbons (Fsp3) is 0.250. The molecule has 0 aliphatic carbocycles. The molecule has 7 heteroatoms. The van der Waals surface area contributed by atoms with Gasteiger partial charge in [0.25, 0.3) is 0 Å². The summed E-state index contributed by atoms with van der Waals surface area (Å²) in [7, 11) is -3.52. The molecule has 19 heavy (non-hydrogen) atoms. The van der Waals surface area contributed by atoms with Gasteiger partial charge in [0.2, 0.25) is 9.84 Å². The third-order valence-corrected chi connectivity index (χ3v) is 4.04. The topological polar surface area (TPSA) is 69.4 Å². The molecular formula is C12H12ClNO4S. The van der Waals surface area contributed by atoms with Crippen molar-refractivity contribution in [3.63, 3.8) is 0 Å². The summed E-state index contributed by atoms with van der Waals surface area (Å²) in [5, 5.41) is 11.7.